The molecule has 4 heteroatoms. The third-order valence-corrected chi connectivity index (χ3v) is 3.21. The molecule has 4 nitrogen and oxygen atoms in total. The van der Waals surface area contributed by atoms with Gasteiger partial charge in [-0.25, -0.2) is 0 Å². The molecular formula is C15H23NO3. The van der Waals surface area contributed by atoms with E-state index in [0.717, 1.165) is 49.4 Å². The SMILES string of the molecule is COc1cc(OC2CCCCO2)ccc1CC(C)N. The van der Waals surface area contributed by atoms with Gasteiger partial charge in [0.15, 0.2) is 6.29 Å². The number of hydrogen-bond acceptors (Lipinski definition) is 4. The van der Waals surface area contributed by atoms with E-state index in [0.29, 0.717) is 0 Å². The number of ether oxygens (including phenoxy) is 3. The Balaban J connectivity index is 2.05. The molecule has 0 spiro atoms. The highest BCUT2D eigenvalue weighted by Crippen LogP contribution is 2.27. The van der Waals surface area contributed by atoms with Gasteiger partial charge in [0.2, 0.25) is 0 Å². The number of methoxy groups -OCH3 is 1. The first-order valence-electron chi connectivity index (χ1n) is 6.90. The summed E-state index contributed by atoms with van der Waals surface area (Å²) in [7, 11) is 1.67. The summed E-state index contributed by atoms with van der Waals surface area (Å²) in [5.74, 6) is 1.61. The Hall–Kier alpha value is -1.26. The largest absolute Gasteiger partial charge is 0.496 e. The second-order valence-corrected chi connectivity index (χ2v) is 5.07. The van der Waals surface area contributed by atoms with Crippen LogP contribution in [0.1, 0.15) is 31.7 Å². The number of rotatable bonds is 5. The minimum absolute atomic E-state index is 0.113. The summed E-state index contributed by atoms with van der Waals surface area (Å²) < 4.78 is 16.8. The van der Waals surface area contributed by atoms with Crippen LogP contribution in [0.4, 0.5) is 0 Å². The molecule has 1 aliphatic rings. The van der Waals surface area contributed by atoms with Gasteiger partial charge < -0.3 is 19.9 Å². The molecule has 0 aromatic heterocycles. The maximum Gasteiger partial charge on any atom is 0.199 e. The fraction of sp³-hybridized carbons (Fsp3) is 0.600. The molecular weight excluding hydrogens is 242 g/mol. The lowest BCUT2D eigenvalue weighted by molar-refractivity contribution is -0.105. The Morgan fingerprint density at radius 3 is 2.89 bits per heavy atom. The molecule has 1 aromatic rings. The van der Waals surface area contributed by atoms with Gasteiger partial charge in [-0.3, -0.25) is 0 Å². The predicted octanol–water partition coefficient (Wildman–Crippen LogP) is 2.49. The van der Waals surface area contributed by atoms with Crippen molar-refractivity contribution >= 4 is 0 Å². The van der Waals surface area contributed by atoms with Gasteiger partial charge in [0.1, 0.15) is 11.5 Å². The zero-order valence-corrected chi connectivity index (χ0v) is 11.7. The van der Waals surface area contributed by atoms with Crippen molar-refractivity contribution in [2.24, 2.45) is 5.73 Å². The molecule has 2 rings (SSSR count). The van der Waals surface area contributed by atoms with Crippen LogP contribution in [0, 0.1) is 0 Å². The molecule has 106 valence electrons. The first kappa shape index (κ1) is 14.2. The topological polar surface area (TPSA) is 53.7 Å². The van der Waals surface area contributed by atoms with Gasteiger partial charge in [-0.1, -0.05) is 6.07 Å². The van der Waals surface area contributed by atoms with E-state index in [4.69, 9.17) is 19.9 Å². The van der Waals surface area contributed by atoms with E-state index in [2.05, 4.69) is 0 Å². The summed E-state index contributed by atoms with van der Waals surface area (Å²) in [6.07, 6.45) is 3.90. The highest BCUT2D eigenvalue weighted by Gasteiger charge is 2.16. The van der Waals surface area contributed by atoms with Crippen LogP contribution in [-0.4, -0.2) is 26.0 Å². The van der Waals surface area contributed by atoms with Gasteiger partial charge in [-0.15, -0.1) is 0 Å². The van der Waals surface area contributed by atoms with Crippen molar-refractivity contribution in [3.63, 3.8) is 0 Å². The van der Waals surface area contributed by atoms with Gasteiger partial charge in [0, 0.05) is 18.5 Å². The summed E-state index contributed by atoms with van der Waals surface area (Å²) in [6.45, 7) is 2.77. The molecule has 1 aliphatic heterocycles. The molecule has 1 aromatic carbocycles. The van der Waals surface area contributed by atoms with Crippen LogP contribution < -0.4 is 15.2 Å². The van der Waals surface area contributed by atoms with E-state index >= 15 is 0 Å². The molecule has 1 saturated heterocycles. The summed E-state index contributed by atoms with van der Waals surface area (Å²) in [6, 6.07) is 6.00. The van der Waals surface area contributed by atoms with Crippen LogP contribution in [0.5, 0.6) is 11.5 Å². The van der Waals surface area contributed by atoms with Crippen LogP contribution in [0.15, 0.2) is 18.2 Å². The Morgan fingerprint density at radius 2 is 2.26 bits per heavy atom. The summed E-state index contributed by atoms with van der Waals surface area (Å²) in [5.41, 5.74) is 6.93. The van der Waals surface area contributed by atoms with Crippen molar-refractivity contribution in [2.75, 3.05) is 13.7 Å². The average Bonchev–Trinajstić information content (AvgIpc) is 2.41. The highest BCUT2D eigenvalue weighted by molar-refractivity contribution is 5.41. The Bertz CT molecular complexity index is 400. The van der Waals surface area contributed by atoms with Crippen molar-refractivity contribution in [3.05, 3.63) is 23.8 Å². The molecule has 2 atom stereocenters. The highest BCUT2D eigenvalue weighted by atomic mass is 16.7. The standard InChI is InChI=1S/C15H23NO3/c1-11(16)9-12-6-7-13(10-14(12)17-2)19-15-5-3-4-8-18-15/h6-7,10-11,15H,3-5,8-9,16H2,1-2H3. The number of benzene rings is 1. The molecule has 2 unspecified atom stereocenters. The van der Waals surface area contributed by atoms with E-state index in [9.17, 15) is 0 Å². The lowest BCUT2D eigenvalue weighted by Crippen LogP contribution is -2.25. The first-order chi connectivity index (χ1) is 9.19. The van der Waals surface area contributed by atoms with Gasteiger partial charge in [0.25, 0.3) is 0 Å². The first-order valence-corrected chi connectivity index (χ1v) is 6.90. The van der Waals surface area contributed by atoms with Crippen molar-refractivity contribution < 1.29 is 14.2 Å². The zero-order chi connectivity index (χ0) is 13.7. The quantitative estimate of drug-likeness (QED) is 0.888. The molecule has 2 N–H and O–H groups in total. The molecule has 19 heavy (non-hydrogen) atoms. The lowest BCUT2D eigenvalue weighted by Gasteiger charge is -2.24. The van der Waals surface area contributed by atoms with E-state index in [1.807, 2.05) is 25.1 Å². The average molecular weight is 265 g/mol. The third kappa shape index (κ3) is 4.11. The maximum absolute atomic E-state index is 5.83. The van der Waals surface area contributed by atoms with Gasteiger partial charge in [0.05, 0.1) is 13.7 Å². The second-order valence-electron chi connectivity index (χ2n) is 5.07. The third-order valence-electron chi connectivity index (χ3n) is 3.21. The minimum Gasteiger partial charge on any atom is -0.496 e. The van der Waals surface area contributed by atoms with Crippen LogP contribution in [0.2, 0.25) is 0 Å². The molecule has 0 saturated carbocycles. The van der Waals surface area contributed by atoms with E-state index in [1.165, 1.54) is 0 Å². The Kier molecular flexibility index (Phi) is 5.05. The van der Waals surface area contributed by atoms with Crippen LogP contribution >= 0.6 is 0 Å². The summed E-state index contributed by atoms with van der Waals surface area (Å²) in [5, 5.41) is 0. The monoisotopic (exact) mass is 265 g/mol. The van der Waals surface area contributed by atoms with Crippen molar-refractivity contribution in [1.29, 1.82) is 0 Å². The maximum atomic E-state index is 5.83. The Labute approximate surface area is 114 Å². The van der Waals surface area contributed by atoms with Crippen molar-refractivity contribution in [1.82, 2.24) is 0 Å². The smallest absolute Gasteiger partial charge is 0.199 e. The molecule has 0 bridgehead atoms. The summed E-state index contributed by atoms with van der Waals surface area (Å²) >= 11 is 0. The van der Waals surface area contributed by atoms with Gasteiger partial charge >= 0.3 is 0 Å². The molecule has 1 heterocycles. The normalized spacial score (nSPS) is 20.9. The van der Waals surface area contributed by atoms with Crippen molar-refractivity contribution in [2.45, 2.75) is 44.9 Å². The van der Waals surface area contributed by atoms with E-state index < -0.39 is 0 Å². The van der Waals surface area contributed by atoms with Crippen molar-refractivity contribution in [3.8, 4) is 11.5 Å². The van der Waals surface area contributed by atoms with E-state index in [1.54, 1.807) is 7.11 Å². The number of hydrogen-bond donors (Lipinski definition) is 1. The molecule has 0 amide bonds. The number of nitrogens with two attached hydrogens (primary N) is 1. The second kappa shape index (κ2) is 6.78. The fourth-order valence-corrected chi connectivity index (χ4v) is 2.27. The van der Waals surface area contributed by atoms with Gasteiger partial charge in [-0.2, -0.15) is 0 Å². The molecule has 1 fully saturated rings. The van der Waals surface area contributed by atoms with E-state index in [-0.39, 0.29) is 12.3 Å². The summed E-state index contributed by atoms with van der Waals surface area (Å²) in [4.78, 5) is 0. The molecule has 0 radical (unpaired) electrons. The Morgan fingerprint density at radius 1 is 1.42 bits per heavy atom. The minimum atomic E-state index is -0.127. The predicted molar refractivity (Wildman–Crippen MR) is 74.6 cm³/mol. The molecule has 0 aliphatic carbocycles. The van der Waals surface area contributed by atoms with Crippen LogP contribution in [0.3, 0.4) is 0 Å². The van der Waals surface area contributed by atoms with Gasteiger partial charge in [-0.05, 0) is 37.8 Å². The fourth-order valence-electron chi connectivity index (χ4n) is 2.27. The zero-order valence-electron chi connectivity index (χ0n) is 11.7. The van der Waals surface area contributed by atoms with Crippen LogP contribution in [0.25, 0.3) is 0 Å². The lowest BCUT2D eigenvalue weighted by atomic mass is 10.1. The van der Waals surface area contributed by atoms with Crippen LogP contribution in [-0.2, 0) is 11.2 Å².